The Hall–Kier alpha value is -2.03. The van der Waals surface area contributed by atoms with E-state index in [1.165, 1.54) is 13.2 Å². The summed E-state index contributed by atoms with van der Waals surface area (Å²) >= 11 is 0. The average molecular weight is 201 g/mol. The van der Waals surface area contributed by atoms with Crippen LogP contribution in [0.3, 0.4) is 0 Å². The van der Waals surface area contributed by atoms with E-state index in [1.807, 2.05) is 30.5 Å². The van der Waals surface area contributed by atoms with Crippen molar-refractivity contribution in [2.75, 3.05) is 7.11 Å². The highest BCUT2D eigenvalue weighted by atomic mass is 16.5. The standard InChI is InChI=1S/C12H11NO2/c1-15-12(14)6-5-9-3-2-4-11-10(9)7-8-13-11/h2-8,13H,1H3/b6-5+. The normalized spacial score (nSPS) is 11.0. The van der Waals surface area contributed by atoms with Crippen LogP contribution in [0, 0.1) is 0 Å². The number of aromatic amines is 1. The molecule has 1 heterocycles. The molecule has 0 atom stereocenters. The molecule has 3 heteroatoms. The molecule has 1 aromatic heterocycles. The SMILES string of the molecule is COC(=O)/C=C/c1cccc2[nH]ccc12. The summed E-state index contributed by atoms with van der Waals surface area (Å²) in [6.45, 7) is 0. The van der Waals surface area contributed by atoms with Crippen molar-refractivity contribution in [2.45, 2.75) is 0 Å². The first-order valence-electron chi connectivity index (χ1n) is 4.63. The lowest BCUT2D eigenvalue weighted by molar-refractivity contribution is -0.134. The summed E-state index contributed by atoms with van der Waals surface area (Å²) in [4.78, 5) is 14.1. The van der Waals surface area contributed by atoms with E-state index in [9.17, 15) is 4.79 Å². The van der Waals surface area contributed by atoms with Gasteiger partial charge in [0.15, 0.2) is 0 Å². The number of aromatic nitrogens is 1. The predicted molar refractivity (Wildman–Crippen MR) is 59.3 cm³/mol. The summed E-state index contributed by atoms with van der Waals surface area (Å²) in [5.41, 5.74) is 2.06. The van der Waals surface area contributed by atoms with Gasteiger partial charge in [0.25, 0.3) is 0 Å². The van der Waals surface area contributed by atoms with Gasteiger partial charge in [0.2, 0.25) is 0 Å². The van der Waals surface area contributed by atoms with Gasteiger partial charge in [-0.3, -0.25) is 0 Å². The molecule has 2 aromatic rings. The van der Waals surface area contributed by atoms with Crippen molar-refractivity contribution in [2.24, 2.45) is 0 Å². The second kappa shape index (κ2) is 4.00. The number of rotatable bonds is 2. The van der Waals surface area contributed by atoms with Crippen LogP contribution in [0.15, 0.2) is 36.5 Å². The molecular formula is C12H11NO2. The molecule has 0 radical (unpaired) electrons. The number of benzene rings is 1. The Labute approximate surface area is 87.4 Å². The molecular weight excluding hydrogens is 190 g/mol. The number of H-pyrrole nitrogens is 1. The number of carbonyl (C=O) groups is 1. The maximum absolute atomic E-state index is 10.9. The Balaban J connectivity index is 2.39. The van der Waals surface area contributed by atoms with E-state index in [-0.39, 0.29) is 5.97 Å². The minimum Gasteiger partial charge on any atom is -0.466 e. The topological polar surface area (TPSA) is 42.1 Å². The molecule has 0 unspecified atom stereocenters. The lowest BCUT2D eigenvalue weighted by Crippen LogP contribution is -1.93. The number of methoxy groups -OCH3 is 1. The summed E-state index contributed by atoms with van der Waals surface area (Å²) in [6.07, 6.45) is 5.05. The Morgan fingerprint density at radius 1 is 1.40 bits per heavy atom. The lowest BCUT2D eigenvalue weighted by Gasteiger charge is -1.96. The van der Waals surface area contributed by atoms with Gasteiger partial charge in [0.1, 0.15) is 0 Å². The minimum atomic E-state index is -0.345. The van der Waals surface area contributed by atoms with Crippen LogP contribution in [-0.2, 0) is 9.53 Å². The number of hydrogen-bond donors (Lipinski definition) is 1. The van der Waals surface area contributed by atoms with Gasteiger partial charge in [-0.15, -0.1) is 0 Å². The first-order chi connectivity index (χ1) is 7.31. The van der Waals surface area contributed by atoms with Crippen molar-refractivity contribution in [3.8, 4) is 0 Å². The van der Waals surface area contributed by atoms with E-state index in [4.69, 9.17) is 0 Å². The van der Waals surface area contributed by atoms with Gasteiger partial charge in [-0.25, -0.2) is 4.79 Å². The van der Waals surface area contributed by atoms with E-state index in [0.29, 0.717) is 0 Å². The van der Waals surface area contributed by atoms with Crippen molar-refractivity contribution in [3.63, 3.8) is 0 Å². The molecule has 3 nitrogen and oxygen atoms in total. The number of esters is 1. The second-order valence-corrected chi connectivity index (χ2v) is 3.14. The zero-order chi connectivity index (χ0) is 10.7. The van der Waals surface area contributed by atoms with Crippen molar-refractivity contribution in [1.82, 2.24) is 4.98 Å². The maximum atomic E-state index is 10.9. The van der Waals surface area contributed by atoms with Crippen LogP contribution >= 0.6 is 0 Å². The summed E-state index contributed by atoms with van der Waals surface area (Å²) in [5.74, 6) is -0.345. The Morgan fingerprint density at radius 2 is 2.27 bits per heavy atom. The first kappa shape index (κ1) is 9.52. The molecule has 15 heavy (non-hydrogen) atoms. The van der Waals surface area contributed by atoms with Crippen LogP contribution in [0.2, 0.25) is 0 Å². The van der Waals surface area contributed by atoms with Gasteiger partial charge in [-0.1, -0.05) is 12.1 Å². The molecule has 0 saturated heterocycles. The van der Waals surface area contributed by atoms with Crippen LogP contribution < -0.4 is 0 Å². The molecule has 1 N–H and O–H groups in total. The van der Waals surface area contributed by atoms with E-state index >= 15 is 0 Å². The van der Waals surface area contributed by atoms with Crippen molar-refractivity contribution >= 4 is 22.9 Å². The smallest absolute Gasteiger partial charge is 0.330 e. The number of nitrogens with one attached hydrogen (secondary N) is 1. The van der Waals surface area contributed by atoms with Crippen LogP contribution in [0.5, 0.6) is 0 Å². The molecule has 1 aromatic carbocycles. The van der Waals surface area contributed by atoms with Crippen LogP contribution in [0.25, 0.3) is 17.0 Å². The van der Waals surface area contributed by atoms with Crippen LogP contribution in [0.4, 0.5) is 0 Å². The molecule has 0 aliphatic rings. The van der Waals surface area contributed by atoms with Gasteiger partial charge in [0.05, 0.1) is 7.11 Å². The highest BCUT2D eigenvalue weighted by Gasteiger charge is 1.98. The van der Waals surface area contributed by atoms with Gasteiger partial charge >= 0.3 is 5.97 Å². The van der Waals surface area contributed by atoms with Gasteiger partial charge in [-0.05, 0) is 23.8 Å². The van der Waals surface area contributed by atoms with Crippen LogP contribution in [-0.4, -0.2) is 18.1 Å². The third kappa shape index (κ3) is 1.91. The molecule has 2 rings (SSSR count). The van der Waals surface area contributed by atoms with E-state index < -0.39 is 0 Å². The quantitative estimate of drug-likeness (QED) is 0.598. The van der Waals surface area contributed by atoms with Crippen molar-refractivity contribution in [3.05, 3.63) is 42.1 Å². The Morgan fingerprint density at radius 3 is 3.07 bits per heavy atom. The highest BCUT2D eigenvalue weighted by Crippen LogP contribution is 2.18. The van der Waals surface area contributed by atoms with Crippen molar-refractivity contribution < 1.29 is 9.53 Å². The van der Waals surface area contributed by atoms with Gasteiger partial charge in [0, 0.05) is 23.2 Å². The molecule has 0 spiro atoms. The molecule has 0 fully saturated rings. The number of fused-ring (bicyclic) bond motifs is 1. The summed E-state index contributed by atoms with van der Waals surface area (Å²) in [5, 5.41) is 1.10. The Bertz CT molecular complexity index is 511. The fourth-order valence-corrected chi connectivity index (χ4v) is 1.48. The summed E-state index contributed by atoms with van der Waals surface area (Å²) in [6, 6.07) is 7.86. The monoisotopic (exact) mass is 201 g/mol. The van der Waals surface area contributed by atoms with E-state index in [0.717, 1.165) is 16.5 Å². The van der Waals surface area contributed by atoms with Crippen LogP contribution in [0.1, 0.15) is 5.56 Å². The Kier molecular flexibility index (Phi) is 2.54. The minimum absolute atomic E-state index is 0.345. The number of carbonyl (C=O) groups excluding carboxylic acids is 1. The van der Waals surface area contributed by atoms with E-state index in [2.05, 4.69) is 9.72 Å². The second-order valence-electron chi connectivity index (χ2n) is 3.14. The molecule has 0 aliphatic heterocycles. The zero-order valence-electron chi connectivity index (χ0n) is 8.36. The average Bonchev–Trinajstić information content (AvgIpc) is 2.74. The number of ether oxygens (including phenoxy) is 1. The van der Waals surface area contributed by atoms with Gasteiger partial charge in [-0.2, -0.15) is 0 Å². The first-order valence-corrected chi connectivity index (χ1v) is 4.63. The molecule has 76 valence electrons. The summed E-state index contributed by atoms with van der Waals surface area (Å²) in [7, 11) is 1.36. The third-order valence-corrected chi connectivity index (χ3v) is 2.23. The fraction of sp³-hybridized carbons (Fsp3) is 0.0833. The predicted octanol–water partition coefficient (Wildman–Crippen LogP) is 2.35. The molecule has 0 amide bonds. The summed E-state index contributed by atoms with van der Waals surface area (Å²) < 4.78 is 4.53. The molecule has 0 aliphatic carbocycles. The van der Waals surface area contributed by atoms with E-state index in [1.54, 1.807) is 6.08 Å². The largest absolute Gasteiger partial charge is 0.466 e. The fourth-order valence-electron chi connectivity index (χ4n) is 1.48. The molecule has 0 saturated carbocycles. The molecule has 0 bridgehead atoms. The number of hydrogen-bond acceptors (Lipinski definition) is 2. The third-order valence-electron chi connectivity index (χ3n) is 2.23. The maximum Gasteiger partial charge on any atom is 0.330 e. The van der Waals surface area contributed by atoms with Gasteiger partial charge < -0.3 is 9.72 Å². The zero-order valence-corrected chi connectivity index (χ0v) is 8.36. The lowest BCUT2D eigenvalue weighted by atomic mass is 10.1. The van der Waals surface area contributed by atoms with Crippen molar-refractivity contribution in [1.29, 1.82) is 0 Å². The highest BCUT2D eigenvalue weighted by molar-refractivity contribution is 5.93.